The van der Waals surface area contributed by atoms with Crippen molar-refractivity contribution in [3.8, 4) is 11.5 Å². The van der Waals surface area contributed by atoms with E-state index in [9.17, 15) is 14.4 Å². The third-order valence-corrected chi connectivity index (χ3v) is 5.13. The van der Waals surface area contributed by atoms with Gasteiger partial charge in [-0.25, -0.2) is 4.79 Å². The summed E-state index contributed by atoms with van der Waals surface area (Å²) in [5, 5.41) is 2.91. The summed E-state index contributed by atoms with van der Waals surface area (Å²) in [5.41, 5.74) is 0.828. The number of amides is 3. The maximum Gasteiger partial charge on any atom is 0.415 e. The van der Waals surface area contributed by atoms with Crippen molar-refractivity contribution < 1.29 is 23.9 Å². The van der Waals surface area contributed by atoms with Crippen LogP contribution in [0.3, 0.4) is 0 Å². The van der Waals surface area contributed by atoms with Gasteiger partial charge >= 0.3 is 6.09 Å². The normalized spacial score (nSPS) is 10.9. The molecule has 0 radical (unpaired) electrons. The van der Waals surface area contributed by atoms with Gasteiger partial charge in [-0.2, -0.15) is 0 Å². The second-order valence-electron chi connectivity index (χ2n) is 8.72. The average Bonchev–Trinajstić information content (AvgIpc) is 2.80. The molecule has 0 fully saturated rings. The number of likely N-dealkylation sites (N-methyl/N-ethyl adjacent to an activating group) is 2. The molecule has 190 valence electrons. The molecule has 0 spiro atoms. The first-order valence-electron chi connectivity index (χ1n) is 11.9. The van der Waals surface area contributed by atoms with Crippen molar-refractivity contribution in [2.75, 3.05) is 34.3 Å². The van der Waals surface area contributed by atoms with Crippen LogP contribution in [-0.4, -0.2) is 62.0 Å². The largest absolute Gasteiger partial charge is 0.493 e. The molecule has 0 unspecified atom stereocenters. The van der Waals surface area contributed by atoms with Gasteiger partial charge in [-0.15, -0.1) is 0 Å². The van der Waals surface area contributed by atoms with Gasteiger partial charge in [-0.05, 0) is 49.3 Å². The van der Waals surface area contributed by atoms with Crippen molar-refractivity contribution in [3.05, 3.63) is 35.9 Å². The van der Waals surface area contributed by atoms with E-state index in [0.717, 1.165) is 31.2 Å². The SMILES string of the molecule is CCCN(C)C(=O)CN(C)C(=O)Oc1ccc(CNC(=O)CCCC/C=C/C(C)C)cc1OC. The molecule has 0 atom stereocenters. The molecule has 1 aromatic rings. The molecule has 0 saturated carbocycles. The lowest BCUT2D eigenvalue weighted by Gasteiger charge is -2.21. The van der Waals surface area contributed by atoms with Crippen molar-refractivity contribution in [2.45, 2.75) is 59.4 Å². The highest BCUT2D eigenvalue weighted by Crippen LogP contribution is 2.28. The molecule has 0 heterocycles. The van der Waals surface area contributed by atoms with E-state index in [0.29, 0.717) is 31.2 Å². The number of carbonyl (C=O) groups excluding carboxylic acids is 3. The first-order chi connectivity index (χ1) is 16.2. The zero-order valence-electron chi connectivity index (χ0n) is 21.6. The van der Waals surface area contributed by atoms with Crippen molar-refractivity contribution in [1.29, 1.82) is 0 Å². The van der Waals surface area contributed by atoms with E-state index in [1.54, 1.807) is 30.1 Å². The number of nitrogens with zero attached hydrogens (tertiary/aromatic N) is 2. The molecule has 0 aliphatic heterocycles. The molecule has 3 amide bonds. The van der Waals surface area contributed by atoms with Gasteiger partial charge in [-0.1, -0.05) is 39.0 Å². The van der Waals surface area contributed by atoms with E-state index in [1.807, 2.05) is 6.92 Å². The molecular weight excluding hydrogens is 434 g/mol. The fourth-order valence-electron chi connectivity index (χ4n) is 3.13. The third kappa shape index (κ3) is 11.2. The molecular formula is C26H41N3O5. The minimum atomic E-state index is -0.652. The minimum Gasteiger partial charge on any atom is -0.493 e. The van der Waals surface area contributed by atoms with E-state index in [2.05, 4.69) is 31.3 Å². The molecule has 0 aliphatic rings. The Balaban J connectivity index is 2.53. The molecule has 0 bridgehead atoms. The second kappa shape index (κ2) is 15.7. The van der Waals surface area contributed by atoms with Gasteiger partial charge in [0, 0.05) is 33.6 Å². The molecule has 1 aromatic carbocycles. The molecule has 0 aliphatic carbocycles. The average molecular weight is 476 g/mol. The predicted molar refractivity (Wildman–Crippen MR) is 134 cm³/mol. The van der Waals surface area contributed by atoms with E-state index in [-0.39, 0.29) is 24.1 Å². The Kier molecular flexibility index (Phi) is 13.4. The number of unbranched alkanes of at least 4 members (excludes halogenated alkanes) is 2. The molecule has 1 rings (SSSR count). The minimum absolute atomic E-state index is 0.00152. The third-order valence-electron chi connectivity index (χ3n) is 5.13. The molecule has 0 aromatic heterocycles. The number of benzene rings is 1. The van der Waals surface area contributed by atoms with E-state index in [4.69, 9.17) is 9.47 Å². The van der Waals surface area contributed by atoms with Crippen LogP contribution in [0, 0.1) is 5.92 Å². The molecule has 0 saturated heterocycles. The van der Waals surface area contributed by atoms with Crippen LogP contribution in [0.25, 0.3) is 0 Å². The molecule has 8 nitrogen and oxygen atoms in total. The van der Waals surface area contributed by atoms with Gasteiger partial charge < -0.3 is 24.6 Å². The van der Waals surface area contributed by atoms with E-state index < -0.39 is 6.09 Å². The fraction of sp³-hybridized carbons (Fsp3) is 0.577. The first-order valence-corrected chi connectivity index (χ1v) is 11.9. The van der Waals surface area contributed by atoms with Crippen molar-refractivity contribution in [1.82, 2.24) is 15.1 Å². The van der Waals surface area contributed by atoms with Crippen molar-refractivity contribution in [3.63, 3.8) is 0 Å². The van der Waals surface area contributed by atoms with Gasteiger partial charge in [0.2, 0.25) is 11.8 Å². The Hall–Kier alpha value is -3.03. The Morgan fingerprint density at radius 3 is 2.47 bits per heavy atom. The van der Waals surface area contributed by atoms with Gasteiger partial charge in [0.15, 0.2) is 11.5 Å². The van der Waals surface area contributed by atoms with Crippen LogP contribution in [0.1, 0.15) is 58.4 Å². The van der Waals surface area contributed by atoms with Crippen LogP contribution in [0.2, 0.25) is 0 Å². The Labute approximate surface area is 204 Å². The first kappa shape index (κ1) is 29.0. The maximum atomic E-state index is 12.4. The van der Waals surface area contributed by atoms with Crippen LogP contribution in [-0.2, 0) is 16.1 Å². The highest BCUT2D eigenvalue weighted by molar-refractivity contribution is 5.82. The molecule has 34 heavy (non-hydrogen) atoms. The number of carbonyl (C=O) groups is 3. The lowest BCUT2D eigenvalue weighted by molar-refractivity contribution is -0.130. The quantitative estimate of drug-likeness (QED) is 0.319. The lowest BCUT2D eigenvalue weighted by atomic mass is 10.1. The summed E-state index contributed by atoms with van der Waals surface area (Å²) in [6, 6.07) is 5.11. The highest BCUT2D eigenvalue weighted by atomic mass is 16.6. The predicted octanol–water partition coefficient (Wildman–Crippen LogP) is 4.38. The van der Waals surface area contributed by atoms with Gasteiger partial charge in [0.05, 0.1) is 7.11 Å². The zero-order valence-corrected chi connectivity index (χ0v) is 21.6. The fourth-order valence-corrected chi connectivity index (χ4v) is 3.13. The summed E-state index contributed by atoms with van der Waals surface area (Å²) in [4.78, 5) is 39.5. The number of allylic oxidation sites excluding steroid dienone is 2. The zero-order chi connectivity index (χ0) is 25.5. The summed E-state index contributed by atoms with van der Waals surface area (Å²) in [7, 11) is 4.70. The summed E-state index contributed by atoms with van der Waals surface area (Å²) >= 11 is 0. The topological polar surface area (TPSA) is 88.2 Å². The Morgan fingerprint density at radius 2 is 1.82 bits per heavy atom. The van der Waals surface area contributed by atoms with Crippen LogP contribution in [0.5, 0.6) is 11.5 Å². The summed E-state index contributed by atoms with van der Waals surface area (Å²) < 4.78 is 10.8. The Morgan fingerprint density at radius 1 is 1.09 bits per heavy atom. The van der Waals surface area contributed by atoms with Crippen LogP contribution in [0.4, 0.5) is 4.79 Å². The molecule has 1 N–H and O–H groups in total. The van der Waals surface area contributed by atoms with Gasteiger partial charge in [0.1, 0.15) is 6.54 Å². The van der Waals surface area contributed by atoms with Crippen molar-refractivity contribution >= 4 is 17.9 Å². The van der Waals surface area contributed by atoms with Crippen LogP contribution < -0.4 is 14.8 Å². The summed E-state index contributed by atoms with van der Waals surface area (Å²) in [6.45, 7) is 7.18. The number of nitrogens with one attached hydrogen (secondary N) is 1. The monoisotopic (exact) mass is 475 g/mol. The lowest BCUT2D eigenvalue weighted by Crippen LogP contribution is -2.40. The van der Waals surface area contributed by atoms with Crippen LogP contribution in [0.15, 0.2) is 30.4 Å². The smallest absolute Gasteiger partial charge is 0.415 e. The number of methoxy groups -OCH3 is 1. The van der Waals surface area contributed by atoms with Gasteiger partial charge in [-0.3, -0.25) is 9.59 Å². The highest BCUT2D eigenvalue weighted by Gasteiger charge is 2.19. The Bertz CT molecular complexity index is 823. The number of ether oxygens (including phenoxy) is 2. The maximum absolute atomic E-state index is 12.4. The number of hydrogen-bond acceptors (Lipinski definition) is 5. The number of hydrogen-bond donors (Lipinski definition) is 1. The molecule has 8 heteroatoms. The van der Waals surface area contributed by atoms with E-state index in [1.165, 1.54) is 19.1 Å². The van der Waals surface area contributed by atoms with Crippen molar-refractivity contribution in [2.24, 2.45) is 5.92 Å². The van der Waals surface area contributed by atoms with Gasteiger partial charge in [0.25, 0.3) is 0 Å². The van der Waals surface area contributed by atoms with E-state index >= 15 is 0 Å². The number of rotatable bonds is 14. The second-order valence-corrected chi connectivity index (χ2v) is 8.72. The van der Waals surface area contributed by atoms with Crippen LogP contribution >= 0.6 is 0 Å². The summed E-state index contributed by atoms with van der Waals surface area (Å²) in [5.74, 6) is 1.02. The standard InChI is InChI=1S/C26H41N3O5/c1-7-16-28(4)25(31)19-29(5)26(32)34-22-15-14-21(17-23(22)33-6)18-27-24(30)13-11-9-8-10-12-20(2)3/h10,12,14-15,17,20H,7-9,11,13,16,18-19H2,1-6H3,(H,27,30)/b12-10+. The summed E-state index contributed by atoms with van der Waals surface area (Å²) in [6.07, 6.45) is 7.85.